The fraction of sp³-hybridized carbons (Fsp3) is 0.125. The molecule has 0 aliphatic carbocycles. The second-order valence-corrected chi connectivity index (χ2v) is 3.76. The molecule has 0 radical (unpaired) electrons. The van der Waals surface area contributed by atoms with Crippen molar-refractivity contribution >= 4 is 22.7 Å². The van der Waals surface area contributed by atoms with Crippen molar-refractivity contribution in [1.29, 1.82) is 0 Å². The van der Waals surface area contributed by atoms with Crippen LogP contribution in [0.2, 0.25) is 0 Å². The highest BCUT2D eigenvalue weighted by Gasteiger charge is 2.18. The lowest BCUT2D eigenvalue weighted by atomic mass is 10.2. The molecule has 1 aliphatic rings. The minimum Gasteiger partial charge on any atom is -0.326 e. The number of carbonyl (C=O) groups is 1. The third kappa shape index (κ3) is 1.48. The molecule has 1 heterocycles. The third-order valence-corrected chi connectivity index (χ3v) is 2.56. The number of nitrogens with one attached hydrogen (secondary N) is 1. The number of amides is 1. The molecule has 1 aromatic rings. The van der Waals surface area contributed by atoms with Crippen molar-refractivity contribution in [2.75, 3.05) is 5.32 Å². The summed E-state index contributed by atoms with van der Waals surface area (Å²) in [7, 11) is 0. The van der Waals surface area contributed by atoms with Crippen LogP contribution in [0, 0.1) is 0 Å². The number of hydrogen-bond donors (Lipinski definition) is 2. The first kappa shape index (κ1) is 8.40. The smallest absolute Gasteiger partial charge is 0.228 e. The van der Waals surface area contributed by atoms with Crippen molar-refractivity contribution in [2.45, 2.75) is 11.3 Å². The zero-order valence-corrected chi connectivity index (χ0v) is 7.43. The molecule has 1 aromatic carbocycles. The highest BCUT2D eigenvalue weighted by atomic mass is 32.2. The van der Waals surface area contributed by atoms with Gasteiger partial charge in [0.25, 0.3) is 0 Å². The van der Waals surface area contributed by atoms with Crippen molar-refractivity contribution in [3.8, 4) is 0 Å². The summed E-state index contributed by atoms with van der Waals surface area (Å²) >= 11 is -1.97. The standard InChI is InChI=1S/C8H7NO3S/c10-8-4-5-3-6(13(11)12)1-2-7(5)9-8/h1-3H,4H2,(H,9,10)(H,11,12). The van der Waals surface area contributed by atoms with E-state index in [9.17, 15) is 9.00 Å². The molecule has 2 N–H and O–H groups in total. The summed E-state index contributed by atoms with van der Waals surface area (Å²) in [4.78, 5) is 11.3. The summed E-state index contributed by atoms with van der Waals surface area (Å²) in [6.07, 6.45) is 0.292. The van der Waals surface area contributed by atoms with Gasteiger partial charge in [0.1, 0.15) is 0 Å². The highest BCUT2D eigenvalue weighted by Crippen LogP contribution is 2.24. The average Bonchev–Trinajstić information content (AvgIpc) is 2.42. The Balaban J connectivity index is 2.45. The topological polar surface area (TPSA) is 66.4 Å². The highest BCUT2D eigenvalue weighted by molar-refractivity contribution is 7.79. The summed E-state index contributed by atoms with van der Waals surface area (Å²) in [5, 5.41) is 2.64. The minimum absolute atomic E-state index is 0.0733. The Bertz CT molecular complexity index is 402. The molecule has 2 rings (SSSR count). The van der Waals surface area contributed by atoms with Gasteiger partial charge in [-0.15, -0.1) is 0 Å². The molecule has 4 nitrogen and oxygen atoms in total. The van der Waals surface area contributed by atoms with Gasteiger partial charge in [-0.3, -0.25) is 4.79 Å². The van der Waals surface area contributed by atoms with Gasteiger partial charge in [0.2, 0.25) is 5.91 Å². The maximum Gasteiger partial charge on any atom is 0.228 e. The number of benzene rings is 1. The number of anilines is 1. The van der Waals surface area contributed by atoms with E-state index in [1.807, 2.05) is 0 Å². The van der Waals surface area contributed by atoms with Crippen LogP contribution in [0.1, 0.15) is 5.56 Å². The molecule has 0 bridgehead atoms. The first-order valence-electron chi connectivity index (χ1n) is 3.70. The first-order valence-corrected chi connectivity index (χ1v) is 4.81. The van der Waals surface area contributed by atoms with Gasteiger partial charge < -0.3 is 9.87 Å². The molecule has 1 unspecified atom stereocenters. The molecule has 1 aliphatic heterocycles. The summed E-state index contributed by atoms with van der Waals surface area (Å²) in [6.45, 7) is 0. The number of carbonyl (C=O) groups excluding carboxylic acids is 1. The van der Waals surface area contributed by atoms with E-state index in [-0.39, 0.29) is 5.91 Å². The first-order chi connectivity index (χ1) is 6.16. The lowest BCUT2D eigenvalue weighted by Crippen LogP contribution is -2.03. The van der Waals surface area contributed by atoms with Gasteiger partial charge in [0, 0.05) is 5.69 Å². The Kier molecular flexibility index (Phi) is 1.90. The van der Waals surface area contributed by atoms with Gasteiger partial charge in [-0.2, -0.15) is 0 Å². The maximum atomic E-state index is 10.9. The van der Waals surface area contributed by atoms with Crippen LogP contribution in [0.5, 0.6) is 0 Å². The Hall–Kier alpha value is -1.20. The minimum atomic E-state index is -1.97. The van der Waals surface area contributed by atoms with Gasteiger partial charge in [-0.25, -0.2) is 4.21 Å². The summed E-state index contributed by atoms with van der Waals surface area (Å²) in [6, 6.07) is 4.74. The average molecular weight is 197 g/mol. The van der Waals surface area contributed by atoms with Crippen LogP contribution in [0.25, 0.3) is 0 Å². The van der Waals surface area contributed by atoms with Crippen molar-refractivity contribution in [1.82, 2.24) is 0 Å². The summed E-state index contributed by atoms with van der Waals surface area (Å²) in [5.41, 5.74) is 1.52. The quantitative estimate of drug-likeness (QED) is 0.653. The van der Waals surface area contributed by atoms with E-state index < -0.39 is 11.1 Å². The van der Waals surface area contributed by atoms with E-state index in [1.54, 1.807) is 12.1 Å². The lowest BCUT2D eigenvalue weighted by molar-refractivity contribution is -0.115. The van der Waals surface area contributed by atoms with Gasteiger partial charge in [-0.05, 0) is 23.8 Å². The Morgan fingerprint density at radius 1 is 1.46 bits per heavy atom. The van der Waals surface area contributed by atoms with Crippen molar-refractivity contribution in [2.24, 2.45) is 0 Å². The molecule has 0 saturated carbocycles. The molecule has 68 valence electrons. The Labute approximate surface area is 77.2 Å². The van der Waals surface area contributed by atoms with Crippen LogP contribution in [0.3, 0.4) is 0 Å². The molecule has 0 aromatic heterocycles. The predicted octanol–water partition coefficient (Wildman–Crippen LogP) is 0.762. The number of rotatable bonds is 1. The van der Waals surface area contributed by atoms with E-state index in [2.05, 4.69) is 5.32 Å². The van der Waals surface area contributed by atoms with Gasteiger partial charge >= 0.3 is 0 Å². The molecule has 0 saturated heterocycles. The molecule has 13 heavy (non-hydrogen) atoms. The van der Waals surface area contributed by atoms with Crippen LogP contribution in [-0.4, -0.2) is 14.7 Å². The Morgan fingerprint density at radius 2 is 2.23 bits per heavy atom. The second-order valence-electron chi connectivity index (χ2n) is 2.79. The van der Waals surface area contributed by atoms with E-state index in [1.165, 1.54) is 6.07 Å². The maximum absolute atomic E-state index is 10.9. The number of hydrogen-bond acceptors (Lipinski definition) is 2. The van der Waals surface area contributed by atoms with Crippen LogP contribution < -0.4 is 5.32 Å². The van der Waals surface area contributed by atoms with E-state index in [4.69, 9.17) is 4.55 Å². The Morgan fingerprint density at radius 3 is 2.92 bits per heavy atom. The summed E-state index contributed by atoms with van der Waals surface area (Å²) < 4.78 is 19.5. The molecule has 1 amide bonds. The van der Waals surface area contributed by atoms with Crippen molar-refractivity contribution in [3.05, 3.63) is 23.8 Å². The van der Waals surface area contributed by atoms with Crippen LogP contribution in [0.4, 0.5) is 5.69 Å². The fourth-order valence-corrected chi connectivity index (χ4v) is 1.74. The molecular formula is C8H7NO3S. The van der Waals surface area contributed by atoms with E-state index >= 15 is 0 Å². The number of fused-ring (bicyclic) bond motifs is 1. The predicted molar refractivity (Wildman–Crippen MR) is 47.8 cm³/mol. The second kappa shape index (κ2) is 2.93. The third-order valence-electron chi connectivity index (χ3n) is 1.90. The van der Waals surface area contributed by atoms with Crippen LogP contribution >= 0.6 is 0 Å². The normalized spacial score (nSPS) is 16.5. The molecule has 1 atom stereocenters. The largest absolute Gasteiger partial charge is 0.326 e. The molecule has 5 heteroatoms. The van der Waals surface area contributed by atoms with Gasteiger partial charge in [0.05, 0.1) is 11.3 Å². The van der Waals surface area contributed by atoms with E-state index in [0.717, 1.165) is 11.3 Å². The van der Waals surface area contributed by atoms with Crippen LogP contribution in [-0.2, 0) is 22.3 Å². The SMILES string of the molecule is O=C1Cc2cc(S(=O)O)ccc2N1. The van der Waals surface area contributed by atoms with Crippen molar-refractivity contribution < 1.29 is 13.6 Å². The fourth-order valence-electron chi connectivity index (χ4n) is 1.31. The molecular weight excluding hydrogens is 190 g/mol. The lowest BCUT2D eigenvalue weighted by Gasteiger charge is -1.99. The van der Waals surface area contributed by atoms with Gasteiger partial charge in [-0.1, -0.05) is 0 Å². The monoisotopic (exact) mass is 197 g/mol. The zero-order valence-electron chi connectivity index (χ0n) is 6.61. The zero-order chi connectivity index (χ0) is 9.42. The van der Waals surface area contributed by atoms with Crippen LogP contribution in [0.15, 0.2) is 23.1 Å². The summed E-state index contributed by atoms with van der Waals surface area (Å²) in [5.74, 6) is -0.0733. The van der Waals surface area contributed by atoms with Gasteiger partial charge in [0.15, 0.2) is 11.1 Å². The van der Waals surface area contributed by atoms with E-state index in [0.29, 0.717) is 11.3 Å². The van der Waals surface area contributed by atoms with Crippen molar-refractivity contribution in [3.63, 3.8) is 0 Å². The molecule has 0 spiro atoms. The molecule has 0 fully saturated rings.